The molecule has 5 rings (SSSR count). The smallest absolute Gasteiger partial charge is 0.0574 e. The van der Waals surface area contributed by atoms with Gasteiger partial charge in [-0.1, -0.05) is 60.3 Å². The average molecular weight is 329 g/mol. The first-order valence-corrected chi connectivity index (χ1v) is 8.50. The number of aromatic nitrogens is 2. The van der Waals surface area contributed by atoms with Gasteiger partial charge in [-0.25, -0.2) is 0 Å². The van der Waals surface area contributed by atoms with E-state index in [4.69, 9.17) is 0 Å². The molecule has 4 heteroatoms. The molecule has 1 N–H and O–H groups in total. The highest BCUT2D eigenvalue weighted by molar-refractivity contribution is 7.99. The molecule has 0 aliphatic carbocycles. The van der Waals surface area contributed by atoms with Gasteiger partial charge in [0.1, 0.15) is 0 Å². The molecule has 0 radical (unpaired) electrons. The van der Waals surface area contributed by atoms with Gasteiger partial charge in [-0.3, -0.25) is 0 Å². The van der Waals surface area contributed by atoms with Crippen molar-refractivity contribution in [1.82, 2.24) is 10.2 Å². The molecule has 2 heterocycles. The highest BCUT2D eigenvalue weighted by Gasteiger charge is 2.13. The second-order valence-electron chi connectivity index (χ2n) is 5.34. The Labute approximate surface area is 144 Å². The van der Waals surface area contributed by atoms with Crippen LogP contribution < -0.4 is 5.32 Å². The molecule has 116 valence electrons. The van der Waals surface area contributed by atoms with Gasteiger partial charge in [0.15, 0.2) is 0 Å². The standard InChI is InChI=1S/C12H9NS.C8H6N2/c1-3-7-11-9(5-1)13-10-6-2-4-8-12(10)14-11;1-2-4-8-6-10-9-5-7(8)3-1/h1-8,13H;1-6H. The summed E-state index contributed by atoms with van der Waals surface area (Å²) in [4.78, 5) is 2.59. The van der Waals surface area contributed by atoms with E-state index >= 15 is 0 Å². The molecule has 3 nitrogen and oxygen atoms in total. The first kappa shape index (κ1) is 14.7. The molecule has 4 aromatic rings. The van der Waals surface area contributed by atoms with Gasteiger partial charge >= 0.3 is 0 Å². The van der Waals surface area contributed by atoms with Crippen LogP contribution in [0.5, 0.6) is 0 Å². The summed E-state index contributed by atoms with van der Waals surface area (Å²) in [6.07, 6.45) is 3.52. The molecule has 3 aromatic carbocycles. The molecule has 0 amide bonds. The van der Waals surface area contributed by atoms with Crippen LogP contribution >= 0.6 is 11.8 Å². The van der Waals surface area contributed by atoms with Crippen molar-refractivity contribution in [2.75, 3.05) is 5.32 Å². The summed E-state index contributed by atoms with van der Waals surface area (Å²) in [7, 11) is 0. The number of hydrogen-bond acceptors (Lipinski definition) is 4. The number of rotatable bonds is 0. The highest BCUT2D eigenvalue weighted by atomic mass is 32.2. The highest BCUT2D eigenvalue weighted by Crippen LogP contribution is 2.43. The van der Waals surface area contributed by atoms with Gasteiger partial charge in [0.2, 0.25) is 0 Å². The van der Waals surface area contributed by atoms with Crippen LogP contribution in [0.25, 0.3) is 10.8 Å². The number of benzene rings is 3. The molecule has 0 spiro atoms. The van der Waals surface area contributed by atoms with E-state index in [0.29, 0.717) is 0 Å². The van der Waals surface area contributed by atoms with Crippen molar-refractivity contribution >= 4 is 33.9 Å². The maximum atomic E-state index is 3.76. The molecule has 0 saturated carbocycles. The predicted octanol–water partition coefficient (Wildman–Crippen LogP) is 5.52. The summed E-state index contributed by atoms with van der Waals surface area (Å²) in [5.74, 6) is 0. The monoisotopic (exact) mass is 329 g/mol. The van der Waals surface area contributed by atoms with E-state index in [1.165, 1.54) is 21.2 Å². The largest absolute Gasteiger partial charge is 0.354 e. The third-order valence-corrected chi connectivity index (χ3v) is 4.87. The van der Waals surface area contributed by atoms with Gasteiger partial charge in [0, 0.05) is 20.6 Å². The fourth-order valence-corrected chi connectivity index (χ4v) is 3.51. The number of nitrogens with one attached hydrogen (secondary N) is 1. The summed E-state index contributed by atoms with van der Waals surface area (Å²) < 4.78 is 0. The first-order valence-electron chi connectivity index (χ1n) is 7.68. The number of para-hydroxylation sites is 2. The zero-order valence-corrected chi connectivity index (χ0v) is 13.7. The summed E-state index contributed by atoms with van der Waals surface area (Å²) in [6, 6.07) is 24.8. The molecule has 0 unspecified atom stereocenters. The maximum Gasteiger partial charge on any atom is 0.0574 e. The molecule has 0 saturated heterocycles. The van der Waals surface area contributed by atoms with Crippen molar-refractivity contribution in [3.8, 4) is 0 Å². The first-order chi connectivity index (χ1) is 11.9. The number of hydrogen-bond donors (Lipinski definition) is 1. The summed E-state index contributed by atoms with van der Waals surface area (Å²) in [5, 5.41) is 13.2. The van der Waals surface area contributed by atoms with E-state index < -0.39 is 0 Å². The summed E-state index contributed by atoms with van der Waals surface area (Å²) in [6.45, 7) is 0. The zero-order valence-electron chi connectivity index (χ0n) is 12.9. The Balaban J connectivity index is 0.000000129. The Kier molecular flexibility index (Phi) is 4.13. The molecule has 0 bridgehead atoms. The number of anilines is 2. The van der Waals surface area contributed by atoms with Gasteiger partial charge in [-0.2, -0.15) is 10.2 Å². The minimum absolute atomic E-state index is 1.14. The Morgan fingerprint density at radius 1 is 0.583 bits per heavy atom. The third-order valence-electron chi connectivity index (χ3n) is 3.72. The van der Waals surface area contributed by atoms with Gasteiger partial charge in [-0.05, 0) is 24.3 Å². The quantitative estimate of drug-likeness (QED) is 0.406. The second kappa shape index (κ2) is 6.72. The minimum Gasteiger partial charge on any atom is -0.354 e. The van der Waals surface area contributed by atoms with Gasteiger partial charge < -0.3 is 5.32 Å². The topological polar surface area (TPSA) is 37.8 Å². The molecule has 1 aromatic heterocycles. The maximum absolute atomic E-state index is 3.76. The molecule has 1 aliphatic rings. The number of fused-ring (bicyclic) bond motifs is 3. The van der Waals surface area contributed by atoms with E-state index in [-0.39, 0.29) is 0 Å². The Bertz CT molecular complexity index is 832. The molecule has 24 heavy (non-hydrogen) atoms. The summed E-state index contributed by atoms with van der Waals surface area (Å²) >= 11 is 1.82. The van der Waals surface area contributed by atoms with Crippen molar-refractivity contribution in [3.05, 3.63) is 85.2 Å². The van der Waals surface area contributed by atoms with E-state index in [2.05, 4.69) is 64.0 Å². The Morgan fingerprint density at radius 2 is 1.04 bits per heavy atom. The normalized spacial score (nSPS) is 11.5. The van der Waals surface area contributed by atoms with Crippen LogP contribution in [0.3, 0.4) is 0 Å². The number of nitrogens with zero attached hydrogens (tertiary/aromatic N) is 2. The average Bonchev–Trinajstić information content (AvgIpc) is 2.67. The predicted molar refractivity (Wildman–Crippen MR) is 99.8 cm³/mol. The lowest BCUT2D eigenvalue weighted by molar-refractivity contribution is 1.05. The zero-order chi connectivity index (χ0) is 16.2. The molecule has 1 aliphatic heterocycles. The van der Waals surface area contributed by atoms with E-state index in [0.717, 1.165) is 10.8 Å². The van der Waals surface area contributed by atoms with Crippen LogP contribution in [-0.2, 0) is 0 Å². The second-order valence-corrected chi connectivity index (χ2v) is 6.42. The lowest BCUT2D eigenvalue weighted by Crippen LogP contribution is -1.98. The van der Waals surface area contributed by atoms with Gasteiger partial charge in [0.25, 0.3) is 0 Å². The van der Waals surface area contributed by atoms with Crippen molar-refractivity contribution in [3.63, 3.8) is 0 Å². The lowest BCUT2D eigenvalue weighted by atomic mass is 10.2. The Morgan fingerprint density at radius 3 is 1.58 bits per heavy atom. The van der Waals surface area contributed by atoms with Crippen molar-refractivity contribution in [2.45, 2.75) is 9.79 Å². The van der Waals surface area contributed by atoms with E-state index in [9.17, 15) is 0 Å². The minimum atomic E-state index is 1.14. The van der Waals surface area contributed by atoms with E-state index in [1.54, 1.807) is 12.4 Å². The SMILES string of the molecule is c1ccc2c(c1)Nc1ccccc1S2.c1ccc2cnncc2c1. The van der Waals surface area contributed by atoms with Crippen LogP contribution in [0.1, 0.15) is 0 Å². The summed E-state index contributed by atoms with van der Waals surface area (Å²) in [5.41, 5.74) is 2.41. The van der Waals surface area contributed by atoms with Gasteiger partial charge in [-0.15, -0.1) is 0 Å². The van der Waals surface area contributed by atoms with Gasteiger partial charge in [0.05, 0.1) is 23.8 Å². The van der Waals surface area contributed by atoms with Crippen LogP contribution in [0.2, 0.25) is 0 Å². The van der Waals surface area contributed by atoms with Crippen molar-refractivity contribution < 1.29 is 0 Å². The fourth-order valence-electron chi connectivity index (χ4n) is 2.52. The van der Waals surface area contributed by atoms with Crippen LogP contribution in [0, 0.1) is 0 Å². The molecule has 0 fully saturated rings. The van der Waals surface area contributed by atoms with Crippen LogP contribution in [-0.4, -0.2) is 10.2 Å². The molecule has 0 atom stereocenters. The van der Waals surface area contributed by atoms with Crippen LogP contribution in [0.4, 0.5) is 11.4 Å². The van der Waals surface area contributed by atoms with Crippen molar-refractivity contribution in [1.29, 1.82) is 0 Å². The van der Waals surface area contributed by atoms with Crippen LogP contribution in [0.15, 0.2) is 95.0 Å². The van der Waals surface area contributed by atoms with Crippen molar-refractivity contribution in [2.24, 2.45) is 0 Å². The lowest BCUT2D eigenvalue weighted by Gasteiger charge is -2.19. The third kappa shape index (κ3) is 3.09. The molecular formula is C20H15N3S. The fraction of sp³-hybridized carbons (Fsp3) is 0. The Hall–Kier alpha value is -2.85. The molecular weight excluding hydrogens is 314 g/mol. The van der Waals surface area contributed by atoms with E-state index in [1.807, 2.05) is 36.0 Å².